The second kappa shape index (κ2) is 7.67. The van der Waals surface area contributed by atoms with Crippen LogP contribution >= 0.6 is 11.8 Å². The van der Waals surface area contributed by atoms with E-state index >= 15 is 0 Å². The molecule has 1 aliphatic rings. The highest BCUT2D eigenvalue weighted by Gasteiger charge is 2.24. The highest BCUT2D eigenvalue weighted by Crippen LogP contribution is 2.26. The summed E-state index contributed by atoms with van der Waals surface area (Å²) in [6.45, 7) is 4.63. The Morgan fingerprint density at radius 2 is 2.17 bits per heavy atom. The molecule has 0 aromatic carbocycles. The van der Waals surface area contributed by atoms with E-state index in [0.717, 1.165) is 25.0 Å². The van der Waals surface area contributed by atoms with Crippen LogP contribution in [0, 0.1) is 11.8 Å². The van der Waals surface area contributed by atoms with Crippen molar-refractivity contribution in [2.75, 3.05) is 12.3 Å². The lowest BCUT2D eigenvalue weighted by molar-refractivity contribution is -0.138. The van der Waals surface area contributed by atoms with Gasteiger partial charge in [-0.2, -0.15) is 0 Å². The molecule has 0 saturated carbocycles. The molecule has 0 radical (unpaired) electrons. The van der Waals surface area contributed by atoms with Gasteiger partial charge in [0.15, 0.2) is 0 Å². The monoisotopic (exact) mass is 273 g/mol. The van der Waals surface area contributed by atoms with Crippen LogP contribution in [0.15, 0.2) is 0 Å². The Morgan fingerprint density at radius 3 is 2.67 bits per heavy atom. The van der Waals surface area contributed by atoms with Crippen molar-refractivity contribution in [2.45, 2.75) is 44.8 Å². The van der Waals surface area contributed by atoms with Gasteiger partial charge in [0.2, 0.25) is 5.91 Å². The van der Waals surface area contributed by atoms with Gasteiger partial charge in [-0.15, -0.1) is 11.8 Å². The average Bonchev–Trinajstić information content (AvgIpc) is 2.77. The summed E-state index contributed by atoms with van der Waals surface area (Å²) in [7, 11) is 0. The van der Waals surface area contributed by atoms with Crippen molar-refractivity contribution in [1.82, 2.24) is 5.32 Å². The second-order valence-corrected chi connectivity index (χ2v) is 6.65. The van der Waals surface area contributed by atoms with E-state index < -0.39 is 5.97 Å². The largest absolute Gasteiger partial charge is 0.481 e. The number of aliphatic carboxylic acids is 1. The van der Waals surface area contributed by atoms with Crippen LogP contribution in [0.1, 0.15) is 39.5 Å². The van der Waals surface area contributed by atoms with Crippen molar-refractivity contribution in [3.8, 4) is 0 Å². The third-order valence-corrected chi connectivity index (χ3v) is 4.43. The van der Waals surface area contributed by atoms with Crippen molar-refractivity contribution in [3.63, 3.8) is 0 Å². The molecule has 2 N–H and O–H groups in total. The zero-order valence-corrected chi connectivity index (χ0v) is 12.0. The van der Waals surface area contributed by atoms with Crippen LogP contribution in [0.5, 0.6) is 0 Å². The van der Waals surface area contributed by atoms with Gasteiger partial charge >= 0.3 is 5.97 Å². The van der Waals surface area contributed by atoms with Crippen molar-refractivity contribution >= 4 is 23.6 Å². The first-order valence-electron chi connectivity index (χ1n) is 6.60. The molecule has 0 aliphatic carbocycles. The molecule has 2 atom stereocenters. The van der Waals surface area contributed by atoms with E-state index in [4.69, 9.17) is 5.11 Å². The smallest absolute Gasteiger partial charge is 0.303 e. The SMILES string of the molecule is CC(C)C[C@H](CNC(=O)C1CCCS1)CC(=O)O. The Kier molecular flexibility index (Phi) is 6.54. The number of rotatable bonds is 7. The first-order chi connectivity index (χ1) is 8.49. The molecule has 0 aromatic heterocycles. The number of hydrogen-bond acceptors (Lipinski definition) is 3. The van der Waals surface area contributed by atoms with Crippen LogP contribution in [0.2, 0.25) is 0 Å². The van der Waals surface area contributed by atoms with Crippen molar-refractivity contribution < 1.29 is 14.7 Å². The Labute approximate surface area is 113 Å². The Balaban J connectivity index is 2.35. The van der Waals surface area contributed by atoms with Gasteiger partial charge in [0.05, 0.1) is 5.25 Å². The van der Waals surface area contributed by atoms with Crippen molar-refractivity contribution in [2.24, 2.45) is 11.8 Å². The zero-order chi connectivity index (χ0) is 13.5. The van der Waals surface area contributed by atoms with Gasteiger partial charge in [-0.1, -0.05) is 13.8 Å². The number of thioether (sulfide) groups is 1. The fourth-order valence-corrected chi connectivity index (χ4v) is 3.48. The highest BCUT2D eigenvalue weighted by atomic mass is 32.2. The van der Waals surface area contributed by atoms with E-state index in [-0.39, 0.29) is 23.5 Å². The standard InChI is InChI=1S/C13H23NO3S/c1-9(2)6-10(7-12(15)16)8-14-13(17)11-4-3-5-18-11/h9-11H,3-8H2,1-2H3,(H,14,17)(H,15,16)/t10-,11?/m0/s1. The zero-order valence-electron chi connectivity index (χ0n) is 11.1. The Bertz CT molecular complexity index is 288. The maximum Gasteiger partial charge on any atom is 0.303 e. The topological polar surface area (TPSA) is 66.4 Å². The van der Waals surface area contributed by atoms with E-state index in [1.54, 1.807) is 11.8 Å². The van der Waals surface area contributed by atoms with Crippen LogP contribution in [-0.4, -0.2) is 34.5 Å². The van der Waals surface area contributed by atoms with Crippen LogP contribution in [0.4, 0.5) is 0 Å². The van der Waals surface area contributed by atoms with Crippen LogP contribution in [-0.2, 0) is 9.59 Å². The summed E-state index contributed by atoms with van der Waals surface area (Å²) in [5, 5.41) is 11.8. The van der Waals surface area contributed by atoms with Gasteiger partial charge in [0.1, 0.15) is 0 Å². The van der Waals surface area contributed by atoms with E-state index in [1.807, 2.05) is 0 Å². The minimum Gasteiger partial charge on any atom is -0.481 e. The predicted octanol–water partition coefficient (Wildman–Crippen LogP) is 2.14. The van der Waals surface area contributed by atoms with Gasteiger partial charge in [-0.3, -0.25) is 9.59 Å². The van der Waals surface area contributed by atoms with Crippen LogP contribution < -0.4 is 5.32 Å². The maximum absolute atomic E-state index is 11.8. The van der Waals surface area contributed by atoms with Gasteiger partial charge in [0, 0.05) is 13.0 Å². The molecule has 104 valence electrons. The third-order valence-electron chi connectivity index (χ3n) is 3.06. The first-order valence-corrected chi connectivity index (χ1v) is 7.65. The summed E-state index contributed by atoms with van der Waals surface area (Å²) in [4.78, 5) is 22.6. The van der Waals surface area contributed by atoms with Gasteiger partial charge in [0.25, 0.3) is 0 Å². The molecule has 18 heavy (non-hydrogen) atoms. The minimum atomic E-state index is -0.787. The van der Waals surface area contributed by atoms with Gasteiger partial charge < -0.3 is 10.4 Å². The molecule has 1 rings (SSSR count). The Morgan fingerprint density at radius 1 is 1.44 bits per heavy atom. The quantitative estimate of drug-likeness (QED) is 0.746. The summed E-state index contributed by atoms with van der Waals surface area (Å²) in [5.74, 6) is 0.842. The van der Waals surface area contributed by atoms with Gasteiger partial charge in [-0.05, 0) is 36.9 Å². The summed E-state index contributed by atoms with van der Waals surface area (Å²) in [6, 6.07) is 0. The normalized spacial score (nSPS) is 20.9. The number of carbonyl (C=O) groups is 2. The Hall–Kier alpha value is -0.710. The predicted molar refractivity (Wildman–Crippen MR) is 73.7 cm³/mol. The van der Waals surface area contributed by atoms with Crippen molar-refractivity contribution in [3.05, 3.63) is 0 Å². The molecule has 1 aliphatic heterocycles. The van der Waals surface area contributed by atoms with Crippen LogP contribution in [0.25, 0.3) is 0 Å². The molecule has 1 unspecified atom stereocenters. The molecule has 0 spiro atoms. The number of hydrogen-bond donors (Lipinski definition) is 2. The van der Waals surface area contributed by atoms with Crippen LogP contribution in [0.3, 0.4) is 0 Å². The van der Waals surface area contributed by atoms with Gasteiger partial charge in [-0.25, -0.2) is 0 Å². The fourth-order valence-electron chi connectivity index (χ4n) is 2.30. The molecular formula is C13H23NO3S. The molecule has 0 bridgehead atoms. The van der Waals surface area contributed by atoms with Crippen molar-refractivity contribution in [1.29, 1.82) is 0 Å². The summed E-state index contributed by atoms with van der Waals surface area (Å²) >= 11 is 1.70. The molecule has 4 nitrogen and oxygen atoms in total. The third kappa shape index (κ3) is 5.76. The highest BCUT2D eigenvalue weighted by molar-refractivity contribution is 8.00. The lowest BCUT2D eigenvalue weighted by atomic mass is 9.94. The first kappa shape index (κ1) is 15.3. The molecule has 1 saturated heterocycles. The number of nitrogens with one attached hydrogen (secondary N) is 1. The van der Waals surface area contributed by atoms with E-state index in [2.05, 4.69) is 19.2 Å². The molecular weight excluding hydrogens is 250 g/mol. The lowest BCUT2D eigenvalue weighted by Gasteiger charge is -2.19. The molecule has 1 fully saturated rings. The number of amides is 1. The average molecular weight is 273 g/mol. The number of carboxylic acids is 1. The number of carboxylic acid groups (broad SMARTS) is 1. The maximum atomic E-state index is 11.8. The summed E-state index contributed by atoms with van der Waals surface area (Å²) in [6.07, 6.45) is 3.03. The second-order valence-electron chi connectivity index (χ2n) is 5.34. The van der Waals surface area contributed by atoms with E-state index in [0.29, 0.717) is 12.5 Å². The molecule has 1 heterocycles. The summed E-state index contributed by atoms with van der Waals surface area (Å²) < 4.78 is 0. The lowest BCUT2D eigenvalue weighted by Crippen LogP contribution is -2.36. The minimum absolute atomic E-state index is 0.0397. The van der Waals surface area contributed by atoms with E-state index in [9.17, 15) is 9.59 Å². The van der Waals surface area contributed by atoms with E-state index in [1.165, 1.54) is 0 Å². The molecule has 0 aromatic rings. The summed E-state index contributed by atoms with van der Waals surface area (Å²) in [5.41, 5.74) is 0. The molecule has 1 amide bonds. The molecule has 5 heteroatoms. The number of carbonyl (C=O) groups excluding carboxylic acids is 1. The fraction of sp³-hybridized carbons (Fsp3) is 0.846.